The summed E-state index contributed by atoms with van der Waals surface area (Å²) in [6.45, 7) is 6.61. The first kappa shape index (κ1) is 14.8. The third kappa shape index (κ3) is 3.87. The van der Waals surface area contributed by atoms with Gasteiger partial charge in [0.1, 0.15) is 0 Å². The predicted octanol–water partition coefficient (Wildman–Crippen LogP) is 0.539. The molecular weight excluding hydrogens is 234 g/mol. The molecule has 0 aromatic heterocycles. The summed E-state index contributed by atoms with van der Waals surface area (Å²) in [5.74, 6) is -0.813. The SMILES string of the molecule is CCC(C)N(C)C(=O)N1CCN(CC(=O)O)CC1. The molecule has 1 heterocycles. The van der Waals surface area contributed by atoms with Gasteiger partial charge in [0, 0.05) is 39.3 Å². The van der Waals surface area contributed by atoms with Crippen molar-refractivity contribution in [2.45, 2.75) is 26.3 Å². The van der Waals surface area contributed by atoms with Crippen molar-refractivity contribution < 1.29 is 14.7 Å². The lowest BCUT2D eigenvalue weighted by molar-refractivity contribution is -0.138. The van der Waals surface area contributed by atoms with Crippen molar-refractivity contribution in [3.8, 4) is 0 Å². The zero-order chi connectivity index (χ0) is 13.7. The van der Waals surface area contributed by atoms with Crippen LogP contribution >= 0.6 is 0 Å². The van der Waals surface area contributed by atoms with E-state index in [1.165, 1.54) is 0 Å². The van der Waals surface area contributed by atoms with Crippen LogP contribution in [0.2, 0.25) is 0 Å². The van der Waals surface area contributed by atoms with E-state index >= 15 is 0 Å². The molecule has 6 nitrogen and oxygen atoms in total. The van der Waals surface area contributed by atoms with Gasteiger partial charge >= 0.3 is 12.0 Å². The number of piperazine rings is 1. The molecular formula is C12H23N3O3. The Labute approximate surface area is 108 Å². The molecule has 0 aliphatic carbocycles. The monoisotopic (exact) mass is 257 g/mol. The summed E-state index contributed by atoms with van der Waals surface area (Å²) in [5, 5.41) is 8.70. The summed E-state index contributed by atoms with van der Waals surface area (Å²) in [6, 6.07) is 0.272. The molecule has 18 heavy (non-hydrogen) atoms. The second kappa shape index (κ2) is 6.58. The molecule has 1 rings (SSSR count). The number of urea groups is 1. The molecule has 1 aliphatic rings. The van der Waals surface area contributed by atoms with E-state index in [2.05, 4.69) is 6.92 Å². The Balaban J connectivity index is 2.42. The van der Waals surface area contributed by atoms with Gasteiger partial charge < -0.3 is 14.9 Å². The van der Waals surface area contributed by atoms with E-state index in [-0.39, 0.29) is 18.6 Å². The van der Waals surface area contributed by atoms with Crippen molar-refractivity contribution in [3.63, 3.8) is 0 Å². The van der Waals surface area contributed by atoms with Crippen LogP contribution in [-0.2, 0) is 4.79 Å². The predicted molar refractivity (Wildman–Crippen MR) is 68.6 cm³/mol. The number of nitrogens with zero attached hydrogens (tertiary/aromatic N) is 3. The van der Waals surface area contributed by atoms with E-state index in [9.17, 15) is 9.59 Å². The number of rotatable bonds is 4. The van der Waals surface area contributed by atoms with Crippen molar-refractivity contribution in [2.24, 2.45) is 0 Å². The molecule has 6 heteroatoms. The molecule has 1 fully saturated rings. The largest absolute Gasteiger partial charge is 0.480 e. The van der Waals surface area contributed by atoms with Gasteiger partial charge in [0.05, 0.1) is 6.54 Å². The van der Waals surface area contributed by atoms with Gasteiger partial charge in [-0.15, -0.1) is 0 Å². The van der Waals surface area contributed by atoms with Crippen molar-refractivity contribution >= 4 is 12.0 Å². The third-order valence-corrected chi connectivity index (χ3v) is 3.56. The topological polar surface area (TPSA) is 64.1 Å². The normalized spacial score (nSPS) is 18.5. The zero-order valence-corrected chi connectivity index (χ0v) is 11.4. The first-order valence-corrected chi connectivity index (χ1v) is 6.41. The van der Waals surface area contributed by atoms with E-state index in [0.717, 1.165) is 6.42 Å². The highest BCUT2D eigenvalue weighted by molar-refractivity contribution is 5.74. The molecule has 0 spiro atoms. The highest BCUT2D eigenvalue weighted by Gasteiger charge is 2.25. The minimum absolute atomic E-state index is 0.0410. The first-order valence-electron chi connectivity index (χ1n) is 6.41. The number of carbonyl (C=O) groups is 2. The molecule has 1 unspecified atom stereocenters. The average Bonchev–Trinajstić information content (AvgIpc) is 2.36. The molecule has 1 N–H and O–H groups in total. The summed E-state index contributed by atoms with van der Waals surface area (Å²) in [5.41, 5.74) is 0. The smallest absolute Gasteiger partial charge is 0.320 e. The fourth-order valence-electron chi connectivity index (χ4n) is 1.97. The van der Waals surface area contributed by atoms with Gasteiger partial charge in [-0.05, 0) is 13.3 Å². The number of carbonyl (C=O) groups excluding carboxylic acids is 1. The second-order valence-corrected chi connectivity index (χ2v) is 4.81. The highest BCUT2D eigenvalue weighted by atomic mass is 16.4. The summed E-state index contributed by atoms with van der Waals surface area (Å²) >= 11 is 0. The summed E-state index contributed by atoms with van der Waals surface area (Å²) in [4.78, 5) is 28.1. The molecule has 0 radical (unpaired) electrons. The van der Waals surface area contributed by atoms with Crippen LogP contribution in [0.15, 0.2) is 0 Å². The maximum absolute atomic E-state index is 12.1. The number of carboxylic acids is 1. The number of aliphatic carboxylic acids is 1. The van der Waals surface area contributed by atoms with E-state index in [1.54, 1.807) is 9.80 Å². The lowest BCUT2D eigenvalue weighted by Gasteiger charge is -2.37. The molecule has 0 aromatic rings. The molecule has 0 bridgehead atoms. The minimum Gasteiger partial charge on any atom is -0.480 e. The molecule has 0 saturated carbocycles. The number of amides is 2. The van der Waals surface area contributed by atoms with Crippen LogP contribution in [-0.4, -0.2) is 77.6 Å². The molecule has 2 amide bonds. The number of hydrogen-bond donors (Lipinski definition) is 1. The van der Waals surface area contributed by atoms with Crippen LogP contribution in [0.1, 0.15) is 20.3 Å². The molecule has 1 atom stereocenters. The van der Waals surface area contributed by atoms with Gasteiger partial charge in [0.15, 0.2) is 0 Å². The molecule has 0 aromatic carbocycles. The highest BCUT2D eigenvalue weighted by Crippen LogP contribution is 2.08. The standard InChI is InChI=1S/C12H23N3O3/c1-4-10(2)13(3)12(18)15-7-5-14(6-8-15)9-11(16)17/h10H,4-9H2,1-3H3,(H,16,17). The summed E-state index contributed by atoms with van der Waals surface area (Å²) < 4.78 is 0. The Morgan fingerprint density at radius 1 is 1.28 bits per heavy atom. The van der Waals surface area contributed by atoms with E-state index < -0.39 is 5.97 Å². The van der Waals surface area contributed by atoms with Crippen LogP contribution in [0.5, 0.6) is 0 Å². The minimum atomic E-state index is -0.813. The fourth-order valence-corrected chi connectivity index (χ4v) is 1.97. The number of hydrogen-bond acceptors (Lipinski definition) is 3. The second-order valence-electron chi connectivity index (χ2n) is 4.81. The van der Waals surface area contributed by atoms with Gasteiger partial charge in [-0.2, -0.15) is 0 Å². The zero-order valence-electron chi connectivity index (χ0n) is 11.4. The Morgan fingerprint density at radius 3 is 2.28 bits per heavy atom. The lowest BCUT2D eigenvalue weighted by Crippen LogP contribution is -2.54. The van der Waals surface area contributed by atoms with Crippen LogP contribution in [0.25, 0.3) is 0 Å². The van der Waals surface area contributed by atoms with Crippen molar-refractivity contribution in [1.29, 1.82) is 0 Å². The van der Waals surface area contributed by atoms with Gasteiger partial charge in [-0.25, -0.2) is 4.79 Å². The maximum Gasteiger partial charge on any atom is 0.320 e. The van der Waals surface area contributed by atoms with Crippen molar-refractivity contribution in [1.82, 2.24) is 14.7 Å². The Hall–Kier alpha value is -1.30. The van der Waals surface area contributed by atoms with E-state index in [4.69, 9.17) is 5.11 Å². The van der Waals surface area contributed by atoms with Crippen molar-refractivity contribution in [3.05, 3.63) is 0 Å². The van der Waals surface area contributed by atoms with Gasteiger partial charge in [0.25, 0.3) is 0 Å². The van der Waals surface area contributed by atoms with Gasteiger partial charge in [-0.3, -0.25) is 9.69 Å². The van der Waals surface area contributed by atoms with Crippen molar-refractivity contribution in [2.75, 3.05) is 39.8 Å². The van der Waals surface area contributed by atoms with Crippen LogP contribution in [0.4, 0.5) is 4.79 Å². The summed E-state index contributed by atoms with van der Waals surface area (Å²) in [7, 11) is 1.82. The Kier molecular flexibility index (Phi) is 5.40. The van der Waals surface area contributed by atoms with E-state index in [1.807, 2.05) is 18.9 Å². The molecule has 1 aliphatic heterocycles. The van der Waals surface area contributed by atoms with E-state index in [0.29, 0.717) is 26.2 Å². The van der Waals surface area contributed by atoms with Crippen LogP contribution < -0.4 is 0 Å². The number of carboxylic acid groups (broad SMARTS) is 1. The third-order valence-electron chi connectivity index (χ3n) is 3.56. The maximum atomic E-state index is 12.1. The van der Waals surface area contributed by atoms with Gasteiger partial charge in [-0.1, -0.05) is 6.92 Å². The summed E-state index contributed by atoms with van der Waals surface area (Å²) in [6.07, 6.45) is 0.932. The Bertz CT molecular complexity index is 301. The molecule has 1 saturated heterocycles. The Morgan fingerprint density at radius 2 is 1.83 bits per heavy atom. The van der Waals surface area contributed by atoms with Gasteiger partial charge in [0.2, 0.25) is 0 Å². The molecule has 104 valence electrons. The fraction of sp³-hybridized carbons (Fsp3) is 0.833. The first-order chi connectivity index (χ1) is 8.45. The van der Waals surface area contributed by atoms with Crippen LogP contribution in [0.3, 0.4) is 0 Å². The lowest BCUT2D eigenvalue weighted by atomic mass is 10.2. The average molecular weight is 257 g/mol. The quantitative estimate of drug-likeness (QED) is 0.798. The van der Waals surface area contributed by atoms with Crippen LogP contribution in [0, 0.1) is 0 Å².